The fourth-order valence-corrected chi connectivity index (χ4v) is 3.66. The van der Waals surface area contributed by atoms with E-state index >= 15 is 0 Å². The zero-order valence-corrected chi connectivity index (χ0v) is 16.5. The summed E-state index contributed by atoms with van der Waals surface area (Å²) in [4.78, 5) is 15.2. The Labute approximate surface area is 172 Å². The lowest BCUT2D eigenvalue weighted by Crippen LogP contribution is -2.25. The Morgan fingerprint density at radius 1 is 0.621 bits per heavy atom. The van der Waals surface area contributed by atoms with Gasteiger partial charge in [-0.25, -0.2) is 0 Å². The minimum atomic E-state index is 0.196. The van der Waals surface area contributed by atoms with Crippen LogP contribution in [-0.2, 0) is 13.1 Å². The Balaban J connectivity index is 1.46. The standard InChI is InChI=1S/C27H25NO/c29-27(26-16-15-24-13-7-8-14-25(24)19-26)17-18-28(20-22-9-3-1-4-10-22)21-23-11-5-2-6-12-23/h1-16,19H,17-18,20-21H2. The maximum atomic E-state index is 12.9. The molecule has 0 N–H and O–H groups in total. The molecule has 2 nitrogen and oxygen atoms in total. The zero-order chi connectivity index (χ0) is 19.9. The summed E-state index contributed by atoms with van der Waals surface area (Å²) in [5.74, 6) is 0.196. The molecule has 0 bridgehead atoms. The van der Waals surface area contributed by atoms with Gasteiger partial charge in [-0.1, -0.05) is 97.1 Å². The van der Waals surface area contributed by atoms with Gasteiger partial charge in [-0.15, -0.1) is 0 Å². The van der Waals surface area contributed by atoms with Gasteiger partial charge in [0, 0.05) is 31.6 Å². The fraction of sp³-hybridized carbons (Fsp3) is 0.148. The van der Waals surface area contributed by atoms with E-state index in [1.165, 1.54) is 16.5 Å². The predicted octanol–water partition coefficient (Wildman–Crippen LogP) is 6.12. The molecule has 2 heteroatoms. The number of rotatable bonds is 8. The van der Waals surface area contributed by atoms with Gasteiger partial charge in [0.2, 0.25) is 0 Å². The van der Waals surface area contributed by atoms with Crippen LogP contribution in [0.2, 0.25) is 0 Å². The smallest absolute Gasteiger partial charge is 0.164 e. The Hall–Kier alpha value is -3.23. The van der Waals surface area contributed by atoms with Crippen molar-refractivity contribution < 1.29 is 4.79 Å². The summed E-state index contributed by atoms with van der Waals surface area (Å²) in [6.45, 7) is 2.40. The van der Waals surface area contributed by atoms with Gasteiger partial charge in [-0.05, 0) is 28.0 Å². The lowest BCUT2D eigenvalue weighted by Gasteiger charge is -2.22. The number of fused-ring (bicyclic) bond motifs is 1. The van der Waals surface area contributed by atoms with Crippen LogP contribution < -0.4 is 0 Å². The molecule has 0 saturated carbocycles. The van der Waals surface area contributed by atoms with Crippen molar-refractivity contribution >= 4 is 16.6 Å². The predicted molar refractivity (Wildman–Crippen MR) is 120 cm³/mol. The first kappa shape index (κ1) is 19.1. The van der Waals surface area contributed by atoms with Crippen LogP contribution in [0.5, 0.6) is 0 Å². The van der Waals surface area contributed by atoms with Gasteiger partial charge >= 0.3 is 0 Å². The van der Waals surface area contributed by atoms with E-state index in [1.807, 2.05) is 42.5 Å². The minimum absolute atomic E-state index is 0.196. The summed E-state index contributed by atoms with van der Waals surface area (Å²) < 4.78 is 0. The first-order valence-corrected chi connectivity index (χ1v) is 10.1. The van der Waals surface area contributed by atoms with Crippen molar-refractivity contribution in [3.63, 3.8) is 0 Å². The number of nitrogens with zero attached hydrogens (tertiary/aromatic N) is 1. The molecule has 0 atom stereocenters. The average molecular weight is 380 g/mol. The molecule has 0 unspecified atom stereocenters. The molecule has 29 heavy (non-hydrogen) atoms. The van der Waals surface area contributed by atoms with E-state index in [4.69, 9.17) is 0 Å². The summed E-state index contributed by atoms with van der Waals surface area (Å²) >= 11 is 0. The molecule has 0 amide bonds. The first-order chi connectivity index (χ1) is 14.3. The number of Topliss-reactive ketones (excluding diaryl/α,β-unsaturated/α-hetero) is 1. The van der Waals surface area contributed by atoms with E-state index in [1.54, 1.807) is 0 Å². The molecule has 0 aliphatic rings. The van der Waals surface area contributed by atoms with E-state index in [9.17, 15) is 4.79 Å². The van der Waals surface area contributed by atoms with Crippen molar-refractivity contribution in [1.29, 1.82) is 0 Å². The molecule has 0 aliphatic carbocycles. The number of hydrogen-bond acceptors (Lipinski definition) is 2. The van der Waals surface area contributed by atoms with Crippen molar-refractivity contribution in [2.24, 2.45) is 0 Å². The summed E-state index contributed by atoms with van der Waals surface area (Å²) in [5.41, 5.74) is 3.33. The number of benzene rings is 4. The van der Waals surface area contributed by atoms with Gasteiger partial charge in [0.15, 0.2) is 5.78 Å². The molecular formula is C27H25NO. The number of carbonyl (C=O) groups is 1. The molecule has 0 aliphatic heterocycles. The number of carbonyl (C=O) groups excluding carboxylic acids is 1. The molecule has 0 spiro atoms. The fourth-order valence-electron chi connectivity index (χ4n) is 3.66. The van der Waals surface area contributed by atoms with E-state index in [-0.39, 0.29) is 5.78 Å². The molecule has 0 saturated heterocycles. The largest absolute Gasteiger partial charge is 0.294 e. The van der Waals surface area contributed by atoms with Crippen LogP contribution in [0, 0.1) is 0 Å². The van der Waals surface area contributed by atoms with Gasteiger partial charge in [0.25, 0.3) is 0 Å². The second-order valence-corrected chi connectivity index (χ2v) is 7.42. The number of ketones is 1. The highest BCUT2D eigenvalue weighted by Gasteiger charge is 2.12. The van der Waals surface area contributed by atoms with Crippen molar-refractivity contribution in [3.05, 3.63) is 120 Å². The monoisotopic (exact) mass is 379 g/mol. The second kappa shape index (κ2) is 9.31. The van der Waals surface area contributed by atoms with Crippen LogP contribution in [-0.4, -0.2) is 17.2 Å². The van der Waals surface area contributed by atoms with Gasteiger partial charge in [-0.2, -0.15) is 0 Å². The van der Waals surface area contributed by atoms with Gasteiger partial charge in [0.05, 0.1) is 0 Å². The van der Waals surface area contributed by atoms with Crippen LogP contribution in [0.15, 0.2) is 103 Å². The first-order valence-electron chi connectivity index (χ1n) is 10.1. The highest BCUT2D eigenvalue weighted by atomic mass is 16.1. The molecule has 4 rings (SSSR count). The average Bonchev–Trinajstić information content (AvgIpc) is 2.78. The van der Waals surface area contributed by atoms with Gasteiger partial charge in [-0.3, -0.25) is 9.69 Å². The zero-order valence-electron chi connectivity index (χ0n) is 16.5. The molecule has 0 aromatic heterocycles. The summed E-state index contributed by atoms with van der Waals surface area (Å²) in [7, 11) is 0. The molecule has 0 radical (unpaired) electrons. The van der Waals surface area contributed by atoms with Crippen molar-refractivity contribution in [1.82, 2.24) is 4.90 Å². The SMILES string of the molecule is O=C(CCN(Cc1ccccc1)Cc1ccccc1)c1ccc2ccccc2c1. The molecule has 4 aromatic carbocycles. The third-order valence-electron chi connectivity index (χ3n) is 5.22. The van der Waals surface area contributed by atoms with Crippen LogP contribution in [0.1, 0.15) is 27.9 Å². The Morgan fingerprint density at radius 2 is 1.17 bits per heavy atom. The lowest BCUT2D eigenvalue weighted by molar-refractivity contribution is 0.0960. The normalized spacial score (nSPS) is 11.1. The van der Waals surface area contributed by atoms with Crippen molar-refractivity contribution in [3.8, 4) is 0 Å². The van der Waals surface area contributed by atoms with Gasteiger partial charge in [0.1, 0.15) is 0 Å². The maximum Gasteiger partial charge on any atom is 0.164 e. The topological polar surface area (TPSA) is 20.3 Å². The van der Waals surface area contributed by atoms with Crippen LogP contribution in [0.25, 0.3) is 10.8 Å². The Kier molecular flexibility index (Phi) is 6.13. The molecule has 0 heterocycles. The van der Waals surface area contributed by atoms with E-state index < -0.39 is 0 Å². The van der Waals surface area contributed by atoms with Crippen LogP contribution in [0.4, 0.5) is 0 Å². The Morgan fingerprint density at radius 3 is 1.79 bits per heavy atom. The van der Waals surface area contributed by atoms with Crippen molar-refractivity contribution in [2.45, 2.75) is 19.5 Å². The Bertz CT molecular complexity index is 1030. The maximum absolute atomic E-state index is 12.9. The van der Waals surface area contributed by atoms with Gasteiger partial charge < -0.3 is 0 Å². The molecule has 4 aromatic rings. The summed E-state index contributed by atoms with van der Waals surface area (Å²) in [5, 5.41) is 2.28. The second-order valence-electron chi connectivity index (χ2n) is 7.42. The number of hydrogen-bond donors (Lipinski definition) is 0. The van der Waals surface area contributed by atoms with E-state index in [0.29, 0.717) is 6.42 Å². The molecule has 144 valence electrons. The van der Waals surface area contributed by atoms with E-state index in [0.717, 1.165) is 30.6 Å². The summed E-state index contributed by atoms with van der Waals surface area (Å²) in [6.07, 6.45) is 0.512. The third kappa shape index (κ3) is 5.18. The highest BCUT2D eigenvalue weighted by molar-refractivity contribution is 6.00. The third-order valence-corrected chi connectivity index (χ3v) is 5.22. The lowest BCUT2D eigenvalue weighted by atomic mass is 10.0. The van der Waals surface area contributed by atoms with E-state index in [2.05, 4.69) is 65.6 Å². The highest BCUT2D eigenvalue weighted by Crippen LogP contribution is 2.17. The molecular weight excluding hydrogens is 354 g/mol. The van der Waals surface area contributed by atoms with Crippen molar-refractivity contribution in [2.75, 3.05) is 6.54 Å². The minimum Gasteiger partial charge on any atom is -0.294 e. The van der Waals surface area contributed by atoms with Crippen LogP contribution in [0.3, 0.4) is 0 Å². The summed E-state index contributed by atoms with van der Waals surface area (Å²) in [6, 6.07) is 35.1. The van der Waals surface area contributed by atoms with Crippen LogP contribution >= 0.6 is 0 Å². The molecule has 0 fully saturated rings. The quantitative estimate of drug-likeness (QED) is 0.344.